The maximum Gasteiger partial charge on any atom is 0.340 e. The van der Waals surface area contributed by atoms with Crippen LogP contribution in [0, 0.1) is 0 Å². The van der Waals surface area contributed by atoms with Gasteiger partial charge in [0, 0.05) is 11.7 Å². The Bertz CT molecular complexity index is 650. The van der Waals surface area contributed by atoms with Gasteiger partial charge in [0.2, 0.25) is 0 Å². The molecule has 0 aliphatic carbocycles. The zero-order valence-corrected chi connectivity index (χ0v) is 13.2. The number of esters is 1. The van der Waals surface area contributed by atoms with Crippen LogP contribution in [-0.4, -0.2) is 24.5 Å². The Morgan fingerprint density at radius 3 is 2.65 bits per heavy atom. The first-order valence-electron chi connectivity index (χ1n) is 7.38. The Morgan fingerprint density at radius 1 is 1.17 bits per heavy atom. The van der Waals surface area contributed by atoms with Crippen LogP contribution in [0.4, 0.5) is 5.69 Å². The quantitative estimate of drug-likeness (QED) is 0.767. The van der Waals surface area contributed by atoms with E-state index in [0.29, 0.717) is 17.8 Å². The second-order valence-corrected chi connectivity index (χ2v) is 5.28. The van der Waals surface area contributed by atoms with Gasteiger partial charge >= 0.3 is 5.97 Å². The van der Waals surface area contributed by atoms with Gasteiger partial charge in [-0.1, -0.05) is 12.1 Å². The normalized spacial score (nSPS) is 10.4. The Hall–Kier alpha value is -2.76. The fourth-order valence-corrected chi connectivity index (χ4v) is 1.98. The maximum atomic E-state index is 12.2. The van der Waals surface area contributed by atoms with Crippen LogP contribution < -0.4 is 10.6 Å². The molecule has 1 aromatic heterocycles. The molecule has 2 rings (SSSR count). The van der Waals surface area contributed by atoms with E-state index < -0.39 is 5.97 Å². The first-order valence-corrected chi connectivity index (χ1v) is 7.38. The topological polar surface area (TPSA) is 80.6 Å². The third kappa shape index (κ3) is 5.18. The lowest BCUT2D eigenvalue weighted by molar-refractivity contribution is -0.124. The number of hydrogen-bond donors (Lipinski definition) is 2. The summed E-state index contributed by atoms with van der Waals surface area (Å²) < 4.78 is 10.3. The molecule has 1 heterocycles. The molecule has 0 atom stereocenters. The second kappa shape index (κ2) is 8.03. The minimum atomic E-state index is -0.550. The Morgan fingerprint density at radius 2 is 1.96 bits per heavy atom. The van der Waals surface area contributed by atoms with E-state index in [4.69, 9.17) is 9.15 Å². The van der Waals surface area contributed by atoms with Crippen LogP contribution in [0.1, 0.15) is 30.0 Å². The standard InChI is InChI=1S/C17H20N2O4/c1-12(2)19-16(20)11-23-17(21)14-7-3-4-8-15(14)18-10-13-6-5-9-22-13/h3-9,12,18H,10-11H2,1-2H3,(H,19,20). The van der Waals surface area contributed by atoms with Gasteiger partial charge < -0.3 is 19.8 Å². The first kappa shape index (κ1) is 16.6. The lowest BCUT2D eigenvalue weighted by Crippen LogP contribution is -2.34. The molecule has 2 N–H and O–H groups in total. The third-order valence-electron chi connectivity index (χ3n) is 2.96. The van der Waals surface area contributed by atoms with Crippen LogP contribution in [0.2, 0.25) is 0 Å². The summed E-state index contributed by atoms with van der Waals surface area (Å²) in [5.74, 6) is -0.120. The van der Waals surface area contributed by atoms with Crippen LogP contribution in [0.3, 0.4) is 0 Å². The predicted molar refractivity (Wildman–Crippen MR) is 86.0 cm³/mol. The highest BCUT2D eigenvalue weighted by molar-refractivity contribution is 5.96. The monoisotopic (exact) mass is 316 g/mol. The molecule has 1 aromatic carbocycles. The van der Waals surface area contributed by atoms with Crippen molar-refractivity contribution in [3.05, 3.63) is 54.0 Å². The number of carbonyl (C=O) groups excluding carboxylic acids is 2. The largest absolute Gasteiger partial charge is 0.467 e. The summed E-state index contributed by atoms with van der Waals surface area (Å²) >= 11 is 0. The van der Waals surface area contributed by atoms with Gasteiger partial charge in [-0.15, -0.1) is 0 Å². The van der Waals surface area contributed by atoms with E-state index in [9.17, 15) is 9.59 Å². The zero-order chi connectivity index (χ0) is 16.7. The van der Waals surface area contributed by atoms with E-state index in [0.717, 1.165) is 5.76 Å². The Kier molecular flexibility index (Phi) is 5.80. The minimum absolute atomic E-state index is 0.00320. The summed E-state index contributed by atoms with van der Waals surface area (Å²) in [6, 6.07) is 10.6. The molecule has 2 aromatic rings. The van der Waals surface area contributed by atoms with Gasteiger partial charge in [-0.2, -0.15) is 0 Å². The van der Waals surface area contributed by atoms with Crippen molar-refractivity contribution in [3.8, 4) is 0 Å². The number of hydrogen-bond acceptors (Lipinski definition) is 5. The average molecular weight is 316 g/mol. The lowest BCUT2D eigenvalue weighted by atomic mass is 10.2. The van der Waals surface area contributed by atoms with Crippen LogP contribution in [0.5, 0.6) is 0 Å². The second-order valence-electron chi connectivity index (χ2n) is 5.28. The van der Waals surface area contributed by atoms with Gasteiger partial charge in [0.1, 0.15) is 5.76 Å². The Labute approximate surface area is 134 Å². The van der Waals surface area contributed by atoms with Crippen LogP contribution in [0.15, 0.2) is 47.1 Å². The van der Waals surface area contributed by atoms with Crippen molar-refractivity contribution in [2.75, 3.05) is 11.9 Å². The number of benzene rings is 1. The molecule has 0 saturated carbocycles. The fourth-order valence-electron chi connectivity index (χ4n) is 1.98. The molecule has 0 radical (unpaired) electrons. The average Bonchev–Trinajstić information content (AvgIpc) is 3.03. The molecule has 0 saturated heterocycles. The SMILES string of the molecule is CC(C)NC(=O)COC(=O)c1ccccc1NCc1ccco1. The molecule has 122 valence electrons. The van der Waals surface area contributed by atoms with E-state index in [-0.39, 0.29) is 18.6 Å². The number of furan rings is 1. The van der Waals surface area contributed by atoms with E-state index in [1.165, 1.54) is 0 Å². The molecule has 1 amide bonds. The predicted octanol–water partition coefficient (Wildman–Crippen LogP) is 2.57. The molecule has 6 nitrogen and oxygen atoms in total. The molecular formula is C17H20N2O4. The lowest BCUT2D eigenvalue weighted by Gasteiger charge is -2.12. The van der Waals surface area contributed by atoms with E-state index in [1.807, 2.05) is 26.0 Å². The first-order chi connectivity index (χ1) is 11.1. The zero-order valence-electron chi connectivity index (χ0n) is 13.2. The summed E-state index contributed by atoms with van der Waals surface area (Å²) in [5.41, 5.74) is 0.995. The summed E-state index contributed by atoms with van der Waals surface area (Å²) in [7, 11) is 0. The van der Waals surface area contributed by atoms with Gasteiger partial charge in [0.25, 0.3) is 5.91 Å². The molecule has 6 heteroatoms. The highest BCUT2D eigenvalue weighted by Crippen LogP contribution is 2.17. The van der Waals surface area contributed by atoms with Gasteiger partial charge in [-0.25, -0.2) is 4.79 Å². The smallest absolute Gasteiger partial charge is 0.340 e. The summed E-state index contributed by atoms with van der Waals surface area (Å²) in [6.07, 6.45) is 1.59. The number of para-hydroxylation sites is 1. The van der Waals surface area contributed by atoms with Crippen molar-refractivity contribution in [2.24, 2.45) is 0 Å². The van der Waals surface area contributed by atoms with E-state index >= 15 is 0 Å². The van der Waals surface area contributed by atoms with Crippen molar-refractivity contribution >= 4 is 17.6 Å². The molecular weight excluding hydrogens is 296 g/mol. The number of nitrogens with one attached hydrogen (secondary N) is 2. The van der Waals surface area contributed by atoms with Crippen LogP contribution >= 0.6 is 0 Å². The molecule has 0 spiro atoms. The highest BCUT2D eigenvalue weighted by atomic mass is 16.5. The number of carbonyl (C=O) groups is 2. The summed E-state index contributed by atoms with van der Waals surface area (Å²) in [6.45, 7) is 3.83. The van der Waals surface area contributed by atoms with Crippen LogP contribution in [0.25, 0.3) is 0 Å². The Balaban J connectivity index is 1.95. The highest BCUT2D eigenvalue weighted by Gasteiger charge is 2.14. The molecule has 0 aliphatic rings. The van der Waals surface area contributed by atoms with Gasteiger partial charge in [0.15, 0.2) is 6.61 Å². The van der Waals surface area contributed by atoms with Gasteiger partial charge in [-0.05, 0) is 38.1 Å². The van der Waals surface area contributed by atoms with Crippen molar-refractivity contribution in [1.82, 2.24) is 5.32 Å². The maximum absolute atomic E-state index is 12.2. The molecule has 0 aliphatic heterocycles. The van der Waals surface area contributed by atoms with E-state index in [2.05, 4.69) is 10.6 Å². The number of rotatable bonds is 7. The fraction of sp³-hybridized carbons (Fsp3) is 0.294. The summed E-state index contributed by atoms with van der Waals surface area (Å²) in [4.78, 5) is 23.7. The van der Waals surface area contributed by atoms with Gasteiger partial charge in [0.05, 0.1) is 18.4 Å². The van der Waals surface area contributed by atoms with Gasteiger partial charge in [-0.3, -0.25) is 4.79 Å². The molecule has 0 unspecified atom stereocenters. The van der Waals surface area contributed by atoms with Crippen LogP contribution in [-0.2, 0) is 16.1 Å². The van der Waals surface area contributed by atoms with Crippen molar-refractivity contribution < 1.29 is 18.7 Å². The van der Waals surface area contributed by atoms with E-state index in [1.54, 1.807) is 30.5 Å². The van der Waals surface area contributed by atoms with Crippen molar-refractivity contribution in [3.63, 3.8) is 0 Å². The minimum Gasteiger partial charge on any atom is -0.467 e. The number of amides is 1. The summed E-state index contributed by atoms with van der Waals surface area (Å²) in [5, 5.41) is 5.78. The molecule has 0 bridgehead atoms. The number of anilines is 1. The molecule has 23 heavy (non-hydrogen) atoms. The third-order valence-corrected chi connectivity index (χ3v) is 2.96. The molecule has 0 fully saturated rings. The number of ether oxygens (including phenoxy) is 1. The van der Waals surface area contributed by atoms with Crippen molar-refractivity contribution in [2.45, 2.75) is 26.4 Å². The van der Waals surface area contributed by atoms with Crippen molar-refractivity contribution in [1.29, 1.82) is 0 Å².